The van der Waals surface area contributed by atoms with E-state index in [2.05, 4.69) is 10.3 Å². The average Bonchev–Trinajstić information content (AvgIpc) is 2.71. The average molecular weight is 263 g/mol. The topological polar surface area (TPSA) is 59.1 Å². The molecule has 1 unspecified atom stereocenters. The Kier molecular flexibility index (Phi) is 4.70. The molecule has 4 nitrogen and oxygen atoms in total. The van der Waals surface area contributed by atoms with Crippen molar-refractivity contribution < 1.29 is 8.42 Å². The SMILES string of the molecule is Cl.O=S(=O)(CC1CCNC1)c1ccncc1. The first kappa shape index (κ1) is 13.4. The van der Waals surface area contributed by atoms with Gasteiger partial charge in [-0.15, -0.1) is 12.4 Å². The Bertz CT molecular complexity index is 416. The van der Waals surface area contributed by atoms with Gasteiger partial charge < -0.3 is 5.32 Å². The maximum atomic E-state index is 11.9. The Labute approximate surface area is 102 Å². The summed E-state index contributed by atoms with van der Waals surface area (Å²) in [5.41, 5.74) is 0. The number of nitrogens with one attached hydrogen (secondary N) is 1. The minimum absolute atomic E-state index is 0. The highest BCUT2D eigenvalue weighted by atomic mass is 35.5. The van der Waals surface area contributed by atoms with E-state index in [1.165, 1.54) is 12.4 Å². The van der Waals surface area contributed by atoms with Crippen LogP contribution in [0.25, 0.3) is 0 Å². The number of sulfone groups is 1. The third-order valence-corrected chi connectivity index (χ3v) is 4.53. The normalized spacial score (nSPS) is 20.4. The fourth-order valence-corrected chi connectivity index (χ4v) is 3.44. The van der Waals surface area contributed by atoms with Crippen molar-refractivity contribution in [3.05, 3.63) is 24.5 Å². The molecule has 0 spiro atoms. The molecule has 1 aromatic rings. The van der Waals surface area contributed by atoms with Gasteiger partial charge in [0, 0.05) is 12.4 Å². The van der Waals surface area contributed by atoms with Crippen molar-refractivity contribution in [3.63, 3.8) is 0 Å². The molecule has 1 N–H and O–H groups in total. The number of halogens is 1. The largest absolute Gasteiger partial charge is 0.316 e. The molecule has 16 heavy (non-hydrogen) atoms. The fourth-order valence-electron chi connectivity index (χ4n) is 1.81. The van der Waals surface area contributed by atoms with Gasteiger partial charge in [-0.05, 0) is 37.6 Å². The summed E-state index contributed by atoms with van der Waals surface area (Å²) in [5.74, 6) is 0.493. The summed E-state index contributed by atoms with van der Waals surface area (Å²) < 4.78 is 23.9. The van der Waals surface area contributed by atoms with Gasteiger partial charge in [-0.2, -0.15) is 0 Å². The Morgan fingerprint density at radius 1 is 1.38 bits per heavy atom. The molecule has 6 heteroatoms. The maximum absolute atomic E-state index is 11.9. The molecule has 0 radical (unpaired) electrons. The smallest absolute Gasteiger partial charge is 0.178 e. The lowest BCUT2D eigenvalue weighted by Crippen LogP contribution is -2.18. The van der Waals surface area contributed by atoms with Crippen molar-refractivity contribution in [2.75, 3.05) is 18.8 Å². The van der Waals surface area contributed by atoms with E-state index in [-0.39, 0.29) is 24.1 Å². The van der Waals surface area contributed by atoms with Gasteiger partial charge in [-0.1, -0.05) is 0 Å². The number of aromatic nitrogens is 1. The highest BCUT2D eigenvalue weighted by molar-refractivity contribution is 7.91. The molecular formula is C10H15ClN2O2S. The van der Waals surface area contributed by atoms with E-state index >= 15 is 0 Å². The zero-order chi connectivity index (χ0) is 10.7. The molecule has 2 heterocycles. The number of hydrogen-bond donors (Lipinski definition) is 1. The molecule has 1 aromatic heterocycles. The van der Waals surface area contributed by atoms with Gasteiger partial charge in [0.15, 0.2) is 9.84 Å². The second-order valence-corrected chi connectivity index (χ2v) is 5.86. The number of pyridine rings is 1. The molecule has 1 aliphatic heterocycles. The summed E-state index contributed by atoms with van der Waals surface area (Å²) in [5, 5.41) is 3.17. The zero-order valence-corrected chi connectivity index (χ0v) is 10.4. The molecule has 0 aliphatic carbocycles. The molecule has 0 saturated carbocycles. The van der Waals surface area contributed by atoms with Crippen molar-refractivity contribution in [2.45, 2.75) is 11.3 Å². The van der Waals surface area contributed by atoms with Crippen molar-refractivity contribution in [1.29, 1.82) is 0 Å². The summed E-state index contributed by atoms with van der Waals surface area (Å²) in [7, 11) is -3.12. The molecule has 0 aromatic carbocycles. The van der Waals surface area contributed by atoms with Gasteiger partial charge in [0.25, 0.3) is 0 Å². The standard InChI is InChI=1S/C10H14N2O2S.ClH/c13-15(14,8-9-1-4-12-7-9)10-2-5-11-6-3-10;/h2-3,5-6,9,12H,1,4,7-8H2;1H. The molecule has 90 valence electrons. The molecule has 1 atom stereocenters. The lowest BCUT2D eigenvalue weighted by Gasteiger charge is -2.08. The predicted octanol–water partition coefficient (Wildman–Crippen LogP) is 0.887. The van der Waals surface area contributed by atoms with E-state index in [1.54, 1.807) is 12.1 Å². The quantitative estimate of drug-likeness (QED) is 0.879. The van der Waals surface area contributed by atoms with Crippen LogP contribution in [0.1, 0.15) is 6.42 Å². The zero-order valence-electron chi connectivity index (χ0n) is 8.80. The van der Waals surface area contributed by atoms with Crippen LogP contribution in [0.3, 0.4) is 0 Å². The van der Waals surface area contributed by atoms with Crippen LogP contribution >= 0.6 is 12.4 Å². The first-order chi connectivity index (χ1) is 7.18. The third-order valence-electron chi connectivity index (χ3n) is 2.63. The minimum Gasteiger partial charge on any atom is -0.316 e. The minimum atomic E-state index is -3.12. The second-order valence-electron chi connectivity index (χ2n) is 3.82. The van der Waals surface area contributed by atoms with E-state index < -0.39 is 9.84 Å². The van der Waals surface area contributed by atoms with E-state index in [0.717, 1.165) is 19.5 Å². The van der Waals surface area contributed by atoms with Crippen LogP contribution in [0, 0.1) is 5.92 Å². The van der Waals surface area contributed by atoms with Crippen LogP contribution in [0.2, 0.25) is 0 Å². The lowest BCUT2D eigenvalue weighted by atomic mass is 10.2. The van der Waals surface area contributed by atoms with Gasteiger partial charge in [-0.25, -0.2) is 8.42 Å². The van der Waals surface area contributed by atoms with Crippen LogP contribution in [0.15, 0.2) is 29.4 Å². The number of nitrogens with zero attached hydrogens (tertiary/aromatic N) is 1. The third kappa shape index (κ3) is 3.17. The van der Waals surface area contributed by atoms with Crippen molar-refractivity contribution in [1.82, 2.24) is 10.3 Å². The van der Waals surface area contributed by atoms with E-state index in [0.29, 0.717) is 4.90 Å². The summed E-state index contributed by atoms with van der Waals surface area (Å²) in [6, 6.07) is 3.11. The molecular weight excluding hydrogens is 248 g/mol. The van der Waals surface area contributed by atoms with Crippen molar-refractivity contribution in [3.8, 4) is 0 Å². The monoisotopic (exact) mass is 262 g/mol. The highest BCUT2D eigenvalue weighted by Gasteiger charge is 2.23. The first-order valence-corrected chi connectivity index (χ1v) is 6.67. The molecule has 2 rings (SSSR count). The molecule has 0 bridgehead atoms. The summed E-state index contributed by atoms with van der Waals surface area (Å²) >= 11 is 0. The van der Waals surface area contributed by atoms with Crippen LogP contribution in [-0.4, -0.2) is 32.2 Å². The van der Waals surface area contributed by atoms with Crippen LogP contribution in [0.5, 0.6) is 0 Å². The molecule has 0 amide bonds. The van der Waals surface area contributed by atoms with Gasteiger partial charge >= 0.3 is 0 Å². The molecule has 1 aliphatic rings. The van der Waals surface area contributed by atoms with Crippen molar-refractivity contribution in [2.24, 2.45) is 5.92 Å². The first-order valence-electron chi connectivity index (χ1n) is 5.02. The van der Waals surface area contributed by atoms with Gasteiger partial charge in [0.2, 0.25) is 0 Å². The number of rotatable bonds is 3. The predicted molar refractivity (Wildman–Crippen MR) is 64.5 cm³/mol. The Balaban J connectivity index is 0.00000128. The Morgan fingerprint density at radius 2 is 2.06 bits per heavy atom. The number of hydrogen-bond acceptors (Lipinski definition) is 4. The molecule has 1 saturated heterocycles. The van der Waals surface area contributed by atoms with E-state index in [9.17, 15) is 8.42 Å². The maximum Gasteiger partial charge on any atom is 0.178 e. The summed E-state index contributed by atoms with van der Waals surface area (Å²) in [6.07, 6.45) is 3.98. The fraction of sp³-hybridized carbons (Fsp3) is 0.500. The van der Waals surface area contributed by atoms with Gasteiger partial charge in [-0.3, -0.25) is 4.98 Å². The van der Waals surface area contributed by atoms with Gasteiger partial charge in [0.1, 0.15) is 0 Å². The van der Waals surface area contributed by atoms with Crippen LogP contribution < -0.4 is 5.32 Å². The van der Waals surface area contributed by atoms with Gasteiger partial charge in [0.05, 0.1) is 10.6 Å². The Morgan fingerprint density at radius 3 is 2.62 bits per heavy atom. The Hall–Kier alpha value is -0.650. The molecule has 1 fully saturated rings. The van der Waals surface area contributed by atoms with Crippen LogP contribution in [-0.2, 0) is 9.84 Å². The van der Waals surface area contributed by atoms with E-state index in [1.807, 2.05) is 0 Å². The second kappa shape index (κ2) is 5.61. The summed E-state index contributed by atoms with van der Waals surface area (Å²) in [4.78, 5) is 4.19. The van der Waals surface area contributed by atoms with E-state index in [4.69, 9.17) is 0 Å². The lowest BCUT2D eigenvalue weighted by molar-refractivity contribution is 0.570. The summed E-state index contributed by atoms with van der Waals surface area (Å²) in [6.45, 7) is 1.74. The van der Waals surface area contributed by atoms with Crippen molar-refractivity contribution >= 4 is 22.2 Å². The highest BCUT2D eigenvalue weighted by Crippen LogP contribution is 2.16. The van der Waals surface area contributed by atoms with Crippen LogP contribution in [0.4, 0.5) is 0 Å².